The van der Waals surface area contributed by atoms with Crippen molar-refractivity contribution in [3.8, 4) is 0 Å². The number of aryl methyl sites for hydroxylation is 1. The van der Waals surface area contributed by atoms with Crippen molar-refractivity contribution in [3.05, 3.63) is 59.4 Å². The van der Waals surface area contributed by atoms with E-state index in [2.05, 4.69) is 4.72 Å². The number of nitrogens with zero attached hydrogens (tertiary/aromatic N) is 1. The Kier molecular flexibility index (Phi) is 4.44. The van der Waals surface area contributed by atoms with E-state index in [1.54, 1.807) is 0 Å². The van der Waals surface area contributed by atoms with Crippen LogP contribution in [0.15, 0.2) is 42.7 Å². The lowest BCUT2D eigenvalue weighted by molar-refractivity contribution is 0.0697. The molecule has 6 nitrogen and oxygen atoms in total. The van der Waals surface area contributed by atoms with Crippen LogP contribution >= 0.6 is 0 Å². The molecule has 0 saturated heterocycles. The number of benzene rings is 1. The molecule has 0 unspecified atom stereocenters. The first-order chi connectivity index (χ1) is 9.85. The highest BCUT2D eigenvalue weighted by Crippen LogP contribution is 2.09. The van der Waals surface area contributed by atoms with Gasteiger partial charge >= 0.3 is 5.97 Å². The van der Waals surface area contributed by atoms with Crippen LogP contribution in [0.25, 0.3) is 0 Å². The number of hydrogen-bond donors (Lipinski definition) is 2. The van der Waals surface area contributed by atoms with Gasteiger partial charge in [0.05, 0.1) is 11.3 Å². The first kappa shape index (κ1) is 15.3. The molecule has 0 atom stereocenters. The summed E-state index contributed by atoms with van der Waals surface area (Å²) in [6.45, 7) is 0.233. The molecule has 2 rings (SSSR count). The summed E-state index contributed by atoms with van der Waals surface area (Å²) < 4.78 is 28.3. The number of nitrogens with one attached hydrogen (secondary N) is 1. The quantitative estimate of drug-likeness (QED) is 0.843. The molecule has 2 N–H and O–H groups in total. The number of hydrogen-bond acceptors (Lipinski definition) is 3. The summed E-state index contributed by atoms with van der Waals surface area (Å²) in [6.07, 6.45) is 3.68. The van der Waals surface area contributed by atoms with E-state index in [1.807, 2.05) is 30.1 Å². The van der Waals surface area contributed by atoms with Crippen molar-refractivity contribution >= 4 is 16.0 Å². The van der Waals surface area contributed by atoms with Crippen molar-refractivity contribution < 1.29 is 18.3 Å². The van der Waals surface area contributed by atoms with Gasteiger partial charge in [-0.2, -0.15) is 0 Å². The Morgan fingerprint density at radius 3 is 2.38 bits per heavy atom. The molecule has 21 heavy (non-hydrogen) atoms. The average Bonchev–Trinajstić information content (AvgIpc) is 2.83. The fourth-order valence-corrected chi connectivity index (χ4v) is 2.99. The summed E-state index contributed by atoms with van der Waals surface area (Å²) in [5.74, 6) is -1.22. The van der Waals surface area contributed by atoms with Gasteiger partial charge in [-0.25, -0.2) is 17.9 Å². The van der Waals surface area contributed by atoms with Gasteiger partial charge in [0.1, 0.15) is 0 Å². The summed E-state index contributed by atoms with van der Waals surface area (Å²) in [6, 6.07) is 7.63. The number of carboxylic acid groups (broad SMARTS) is 1. The topological polar surface area (TPSA) is 88.4 Å². The maximum Gasteiger partial charge on any atom is 0.335 e. The van der Waals surface area contributed by atoms with Crippen LogP contribution in [0.3, 0.4) is 0 Å². The molecule has 0 amide bonds. The van der Waals surface area contributed by atoms with E-state index in [9.17, 15) is 13.2 Å². The second kappa shape index (κ2) is 6.11. The molecule has 0 spiro atoms. The smallest absolute Gasteiger partial charge is 0.335 e. The van der Waals surface area contributed by atoms with E-state index < -0.39 is 16.0 Å². The van der Waals surface area contributed by atoms with Crippen LogP contribution in [-0.4, -0.2) is 24.1 Å². The second-order valence-corrected chi connectivity index (χ2v) is 6.57. The first-order valence-electron chi connectivity index (χ1n) is 6.26. The number of rotatable bonds is 6. The Morgan fingerprint density at radius 2 is 1.86 bits per heavy atom. The minimum Gasteiger partial charge on any atom is -0.478 e. The zero-order valence-corrected chi connectivity index (χ0v) is 12.3. The lowest BCUT2D eigenvalue weighted by Gasteiger charge is -2.06. The molecule has 2 aromatic rings. The molecule has 0 bridgehead atoms. The summed E-state index contributed by atoms with van der Waals surface area (Å²) in [7, 11) is -1.60. The number of sulfonamides is 1. The maximum atomic E-state index is 12.0. The van der Waals surface area contributed by atoms with E-state index in [4.69, 9.17) is 5.11 Å². The molecule has 112 valence electrons. The second-order valence-electron chi connectivity index (χ2n) is 4.77. The van der Waals surface area contributed by atoms with E-state index >= 15 is 0 Å². The van der Waals surface area contributed by atoms with Gasteiger partial charge in [-0.3, -0.25) is 0 Å². The third kappa shape index (κ3) is 4.44. The van der Waals surface area contributed by atoms with Crippen molar-refractivity contribution in [3.63, 3.8) is 0 Å². The number of aromatic carboxylic acids is 1. The van der Waals surface area contributed by atoms with Gasteiger partial charge < -0.3 is 9.67 Å². The SMILES string of the molecule is Cn1ccc(CNS(=O)(=O)Cc2ccc(C(=O)O)cc2)c1. The Hall–Kier alpha value is -2.12. The van der Waals surface area contributed by atoms with Crippen LogP contribution < -0.4 is 4.72 Å². The van der Waals surface area contributed by atoms with Gasteiger partial charge in [0.25, 0.3) is 0 Å². The minimum atomic E-state index is -3.46. The van der Waals surface area contributed by atoms with Gasteiger partial charge in [-0.15, -0.1) is 0 Å². The molecule has 1 aromatic heterocycles. The van der Waals surface area contributed by atoms with Crippen LogP contribution in [0.1, 0.15) is 21.5 Å². The van der Waals surface area contributed by atoms with E-state index in [0.717, 1.165) is 5.56 Å². The molecule has 0 radical (unpaired) electrons. The van der Waals surface area contributed by atoms with E-state index in [1.165, 1.54) is 24.3 Å². The van der Waals surface area contributed by atoms with Crippen molar-refractivity contribution in [1.29, 1.82) is 0 Å². The predicted octanol–water partition coefficient (Wildman–Crippen LogP) is 1.34. The molecular formula is C14H16N2O4S. The van der Waals surface area contributed by atoms with Crippen LogP contribution in [0.4, 0.5) is 0 Å². The van der Waals surface area contributed by atoms with Crippen molar-refractivity contribution in [2.75, 3.05) is 0 Å². The van der Waals surface area contributed by atoms with Crippen molar-refractivity contribution in [2.45, 2.75) is 12.3 Å². The largest absolute Gasteiger partial charge is 0.478 e. The van der Waals surface area contributed by atoms with E-state index in [-0.39, 0.29) is 17.9 Å². The van der Waals surface area contributed by atoms with Crippen molar-refractivity contribution in [2.24, 2.45) is 7.05 Å². The highest BCUT2D eigenvalue weighted by Gasteiger charge is 2.12. The van der Waals surface area contributed by atoms with Crippen LogP contribution in [-0.2, 0) is 29.4 Å². The van der Waals surface area contributed by atoms with Crippen LogP contribution in [0.2, 0.25) is 0 Å². The third-order valence-corrected chi connectivity index (χ3v) is 4.24. The summed E-state index contributed by atoms with van der Waals surface area (Å²) in [5, 5.41) is 8.79. The van der Waals surface area contributed by atoms with Gasteiger partial charge in [0, 0.05) is 26.0 Å². The summed E-state index contributed by atoms with van der Waals surface area (Å²) >= 11 is 0. The Bertz CT molecular complexity index is 733. The number of aromatic nitrogens is 1. The molecule has 0 fully saturated rings. The first-order valence-corrected chi connectivity index (χ1v) is 7.91. The monoisotopic (exact) mass is 308 g/mol. The Morgan fingerprint density at radius 1 is 1.19 bits per heavy atom. The maximum absolute atomic E-state index is 12.0. The molecule has 0 saturated carbocycles. The molecule has 0 aliphatic carbocycles. The summed E-state index contributed by atoms with van der Waals surface area (Å²) in [4.78, 5) is 10.7. The molecular weight excluding hydrogens is 292 g/mol. The molecule has 1 aromatic carbocycles. The minimum absolute atomic E-state index is 0.133. The number of carbonyl (C=O) groups is 1. The Balaban J connectivity index is 1.98. The lowest BCUT2D eigenvalue weighted by Crippen LogP contribution is -2.24. The normalized spacial score (nSPS) is 11.5. The van der Waals surface area contributed by atoms with Gasteiger partial charge in [0.2, 0.25) is 10.0 Å². The molecule has 0 aliphatic rings. The zero-order chi connectivity index (χ0) is 15.5. The average molecular weight is 308 g/mol. The highest BCUT2D eigenvalue weighted by atomic mass is 32.2. The molecule has 7 heteroatoms. The molecule has 0 aliphatic heterocycles. The lowest BCUT2D eigenvalue weighted by atomic mass is 10.1. The van der Waals surface area contributed by atoms with E-state index in [0.29, 0.717) is 5.56 Å². The Labute approximate surface area is 123 Å². The number of carboxylic acids is 1. The highest BCUT2D eigenvalue weighted by molar-refractivity contribution is 7.88. The molecule has 1 heterocycles. The van der Waals surface area contributed by atoms with Crippen LogP contribution in [0.5, 0.6) is 0 Å². The third-order valence-electron chi connectivity index (χ3n) is 2.95. The van der Waals surface area contributed by atoms with Gasteiger partial charge in [-0.05, 0) is 29.3 Å². The standard InChI is InChI=1S/C14H16N2O4S/c1-16-7-6-12(9-16)8-15-21(19,20)10-11-2-4-13(5-3-11)14(17)18/h2-7,9,15H,8,10H2,1H3,(H,17,18). The van der Waals surface area contributed by atoms with Crippen molar-refractivity contribution in [1.82, 2.24) is 9.29 Å². The summed E-state index contributed by atoms with van der Waals surface area (Å²) in [5.41, 5.74) is 1.55. The fraction of sp³-hybridized carbons (Fsp3) is 0.214. The van der Waals surface area contributed by atoms with Gasteiger partial charge in [0.15, 0.2) is 0 Å². The van der Waals surface area contributed by atoms with Crippen LogP contribution in [0, 0.1) is 0 Å². The fourth-order valence-electron chi connectivity index (χ4n) is 1.87. The van der Waals surface area contributed by atoms with Gasteiger partial charge in [-0.1, -0.05) is 12.1 Å². The zero-order valence-electron chi connectivity index (χ0n) is 11.5. The predicted molar refractivity (Wildman–Crippen MR) is 78.3 cm³/mol.